The van der Waals surface area contributed by atoms with Gasteiger partial charge in [0.15, 0.2) is 5.82 Å². The van der Waals surface area contributed by atoms with Gasteiger partial charge in [-0.3, -0.25) is 9.89 Å². The van der Waals surface area contributed by atoms with E-state index in [-0.39, 0.29) is 16.7 Å². The van der Waals surface area contributed by atoms with Crippen molar-refractivity contribution in [2.75, 3.05) is 36.5 Å². The predicted molar refractivity (Wildman–Crippen MR) is 130 cm³/mol. The van der Waals surface area contributed by atoms with Gasteiger partial charge in [0.1, 0.15) is 5.75 Å². The number of hydrogen-bond acceptors (Lipinski definition) is 4. The van der Waals surface area contributed by atoms with Crippen molar-refractivity contribution in [1.82, 2.24) is 15.1 Å². The van der Waals surface area contributed by atoms with Gasteiger partial charge in [0, 0.05) is 5.56 Å². The summed E-state index contributed by atoms with van der Waals surface area (Å²) in [5.41, 5.74) is 1.70. The average Bonchev–Trinajstić information content (AvgIpc) is 3.18. The number of amides is 3. The molecule has 3 N–H and O–H groups in total. The van der Waals surface area contributed by atoms with Crippen LogP contribution in [0.25, 0.3) is 0 Å². The number of hydrogen-bond donors (Lipinski definition) is 3. The zero-order chi connectivity index (χ0) is 23.3. The van der Waals surface area contributed by atoms with Crippen LogP contribution in [0.15, 0.2) is 24.3 Å². The number of nitrogens with zero attached hydrogens (tertiary/aromatic N) is 2. The van der Waals surface area contributed by atoms with Crippen molar-refractivity contribution in [3.05, 3.63) is 35.5 Å². The summed E-state index contributed by atoms with van der Waals surface area (Å²) in [7, 11) is 0.505. The van der Waals surface area contributed by atoms with Gasteiger partial charge in [0.2, 0.25) is 5.91 Å². The number of methoxy groups -OCH3 is 1. The lowest BCUT2D eigenvalue weighted by molar-refractivity contribution is -0.120. The van der Waals surface area contributed by atoms with Gasteiger partial charge < -0.3 is 20.3 Å². The molecular weight excluding hydrogens is 426 g/mol. The summed E-state index contributed by atoms with van der Waals surface area (Å²) >= 11 is 0. The molecule has 1 aliphatic heterocycles. The minimum atomic E-state index is -1.07. The predicted octanol–water partition coefficient (Wildman–Crippen LogP) is 4.26. The van der Waals surface area contributed by atoms with E-state index in [1.165, 1.54) is 0 Å². The molecule has 1 aliphatic carbocycles. The lowest BCUT2D eigenvalue weighted by Gasteiger charge is -2.53. The van der Waals surface area contributed by atoms with E-state index in [0.29, 0.717) is 23.8 Å². The molecule has 0 spiro atoms. The van der Waals surface area contributed by atoms with Gasteiger partial charge in [0.25, 0.3) is 0 Å². The summed E-state index contributed by atoms with van der Waals surface area (Å²) in [6.45, 7) is 4.29. The second kappa shape index (κ2) is 7.72. The molecule has 2 aromatic rings. The molecule has 1 fully saturated rings. The Morgan fingerprint density at radius 2 is 1.84 bits per heavy atom. The molecule has 2 aliphatic rings. The molecule has 32 heavy (non-hydrogen) atoms. The Morgan fingerprint density at radius 3 is 2.44 bits per heavy atom. The average molecular weight is 460 g/mol. The first-order valence-electron chi connectivity index (χ1n) is 10.8. The van der Waals surface area contributed by atoms with Gasteiger partial charge in [-0.1, -0.05) is 12.1 Å². The molecule has 0 atom stereocenters. The Labute approximate surface area is 190 Å². The molecular formula is C23H33N5O3S. The third-order valence-electron chi connectivity index (χ3n) is 7.04. The third-order valence-corrected chi connectivity index (χ3v) is 9.98. The number of rotatable bonds is 5. The Bertz CT molecular complexity index is 1050. The summed E-state index contributed by atoms with van der Waals surface area (Å²) in [5, 5.41) is 13.5. The van der Waals surface area contributed by atoms with E-state index in [0.717, 1.165) is 30.5 Å². The second-order valence-corrected chi connectivity index (χ2v) is 14.3. The van der Waals surface area contributed by atoms with Crippen molar-refractivity contribution in [2.24, 2.45) is 0 Å². The lowest BCUT2D eigenvalue weighted by Crippen LogP contribution is -2.51. The van der Waals surface area contributed by atoms with Crippen LogP contribution >= 0.6 is 10.0 Å². The standard InChI is InChI=1S/C23H33N5O3S/c1-22(2)18-15(14-28(22)21(30)24-16-10-7-8-11-17(16)31-3)19(27-26-18)25-20(29)23(12-9-13-23)32(4,5)6/h7-8,10-11H,9,12-14H2,1-6H3,(H,24,30)(H2,25,26,27,29). The highest BCUT2D eigenvalue weighted by molar-refractivity contribution is 8.33. The molecule has 0 bridgehead atoms. The third kappa shape index (κ3) is 3.43. The number of para-hydroxylation sites is 2. The van der Waals surface area contributed by atoms with E-state index < -0.39 is 15.6 Å². The molecule has 1 aromatic carbocycles. The summed E-state index contributed by atoms with van der Waals surface area (Å²) in [6.07, 6.45) is 9.53. The van der Waals surface area contributed by atoms with Crippen LogP contribution in [-0.2, 0) is 16.9 Å². The summed E-state index contributed by atoms with van der Waals surface area (Å²) in [4.78, 5) is 28.2. The number of urea groups is 1. The van der Waals surface area contributed by atoms with E-state index in [9.17, 15) is 9.59 Å². The van der Waals surface area contributed by atoms with Gasteiger partial charge in [-0.05, 0) is 64.0 Å². The quantitative estimate of drug-likeness (QED) is 0.622. The van der Waals surface area contributed by atoms with Gasteiger partial charge in [-0.15, -0.1) is 0 Å². The highest BCUT2D eigenvalue weighted by Crippen LogP contribution is 2.60. The van der Waals surface area contributed by atoms with E-state index >= 15 is 0 Å². The zero-order valence-electron chi connectivity index (χ0n) is 19.7. The molecule has 8 nitrogen and oxygen atoms in total. The fraction of sp³-hybridized carbons (Fsp3) is 0.522. The second-order valence-electron chi connectivity index (χ2n) is 9.84. The monoisotopic (exact) mass is 459 g/mol. The van der Waals surface area contributed by atoms with Crippen LogP contribution in [0.4, 0.5) is 16.3 Å². The molecule has 2 heterocycles. The van der Waals surface area contributed by atoms with Crippen LogP contribution in [0.2, 0.25) is 0 Å². The SMILES string of the molecule is COc1ccccc1NC(=O)N1Cc2c(NC(=O)C3(S(C)(C)C)CCC3)n[nH]c2C1(C)C. The summed E-state index contributed by atoms with van der Waals surface area (Å²) < 4.78 is 5.05. The van der Waals surface area contributed by atoms with E-state index in [4.69, 9.17) is 4.74 Å². The topological polar surface area (TPSA) is 99.3 Å². The van der Waals surface area contributed by atoms with Crippen molar-refractivity contribution in [3.8, 4) is 5.75 Å². The number of anilines is 2. The van der Waals surface area contributed by atoms with Crippen molar-refractivity contribution < 1.29 is 14.3 Å². The van der Waals surface area contributed by atoms with Crippen LogP contribution in [0.1, 0.15) is 44.4 Å². The molecule has 0 unspecified atom stereocenters. The Hall–Kier alpha value is -2.68. The fourth-order valence-corrected chi connectivity index (χ4v) is 6.83. The normalized spacial score (nSPS) is 19.0. The van der Waals surface area contributed by atoms with Gasteiger partial charge in [-0.2, -0.15) is 5.10 Å². The van der Waals surface area contributed by atoms with Crippen molar-refractivity contribution in [3.63, 3.8) is 0 Å². The van der Waals surface area contributed by atoms with Crippen LogP contribution < -0.4 is 15.4 Å². The lowest BCUT2D eigenvalue weighted by atomic mass is 9.83. The summed E-state index contributed by atoms with van der Waals surface area (Å²) in [5.74, 6) is 1.18. The van der Waals surface area contributed by atoms with Crippen LogP contribution in [-0.4, -0.2) is 57.7 Å². The number of carbonyl (C=O) groups excluding carboxylic acids is 2. The van der Waals surface area contributed by atoms with E-state index in [2.05, 4.69) is 39.6 Å². The minimum Gasteiger partial charge on any atom is -0.495 e. The maximum atomic E-state index is 13.3. The fourth-order valence-electron chi connectivity index (χ4n) is 4.71. The molecule has 1 aromatic heterocycles. The number of aromatic amines is 1. The number of benzene rings is 1. The number of nitrogens with one attached hydrogen (secondary N) is 3. The maximum Gasteiger partial charge on any atom is 0.323 e. The number of fused-ring (bicyclic) bond motifs is 1. The van der Waals surface area contributed by atoms with E-state index in [1.807, 2.05) is 26.0 Å². The first-order valence-corrected chi connectivity index (χ1v) is 13.7. The number of aromatic nitrogens is 2. The minimum absolute atomic E-state index is 0.0512. The van der Waals surface area contributed by atoms with Gasteiger partial charge >= 0.3 is 6.03 Å². The smallest absolute Gasteiger partial charge is 0.323 e. The van der Waals surface area contributed by atoms with Crippen molar-refractivity contribution >= 4 is 33.5 Å². The van der Waals surface area contributed by atoms with Crippen molar-refractivity contribution in [2.45, 2.75) is 49.9 Å². The first-order chi connectivity index (χ1) is 15.0. The number of ether oxygens (including phenoxy) is 1. The van der Waals surface area contributed by atoms with Crippen LogP contribution in [0, 0.1) is 0 Å². The van der Waals surface area contributed by atoms with Gasteiger partial charge in [-0.25, -0.2) is 14.8 Å². The Balaban J connectivity index is 1.55. The van der Waals surface area contributed by atoms with Crippen molar-refractivity contribution in [1.29, 1.82) is 0 Å². The highest BCUT2D eigenvalue weighted by atomic mass is 32.3. The molecule has 4 rings (SSSR count). The summed E-state index contributed by atoms with van der Waals surface area (Å²) in [6, 6.07) is 7.07. The number of carbonyl (C=O) groups is 2. The van der Waals surface area contributed by atoms with Gasteiger partial charge in [0.05, 0.1) is 35.3 Å². The van der Waals surface area contributed by atoms with E-state index in [1.54, 1.807) is 24.1 Å². The molecule has 1 saturated carbocycles. The molecule has 0 radical (unpaired) electrons. The molecule has 9 heteroatoms. The molecule has 3 amide bonds. The van der Waals surface area contributed by atoms with Crippen LogP contribution in [0.3, 0.4) is 0 Å². The Kier molecular flexibility index (Phi) is 5.43. The molecule has 174 valence electrons. The number of H-pyrrole nitrogens is 1. The largest absolute Gasteiger partial charge is 0.495 e. The molecule has 0 saturated heterocycles. The Morgan fingerprint density at radius 1 is 1.16 bits per heavy atom. The first kappa shape index (κ1) is 22.5. The van der Waals surface area contributed by atoms with Crippen LogP contribution in [0.5, 0.6) is 5.75 Å². The highest BCUT2D eigenvalue weighted by Gasteiger charge is 2.51. The zero-order valence-corrected chi connectivity index (χ0v) is 20.5. The maximum absolute atomic E-state index is 13.3.